The van der Waals surface area contributed by atoms with Gasteiger partial charge in [-0.25, -0.2) is 0 Å². The third kappa shape index (κ3) is 5.18. The van der Waals surface area contributed by atoms with Crippen molar-refractivity contribution in [3.8, 4) is 5.75 Å². The minimum atomic E-state index is -0.362. The van der Waals surface area contributed by atoms with Crippen LogP contribution < -0.4 is 0 Å². The van der Waals surface area contributed by atoms with Crippen molar-refractivity contribution in [3.63, 3.8) is 0 Å². The van der Waals surface area contributed by atoms with E-state index in [1.165, 1.54) is 44.1 Å². The molecule has 4 fully saturated rings. The largest absolute Gasteiger partial charge is 0.508 e. The Labute approximate surface area is 196 Å². The Kier molecular flexibility index (Phi) is 7.37. The Morgan fingerprint density at radius 3 is 1.88 bits per heavy atom. The molecule has 0 heterocycles. The van der Waals surface area contributed by atoms with Crippen LogP contribution in [0.25, 0.3) is 0 Å². The molecule has 0 spiro atoms. The van der Waals surface area contributed by atoms with Crippen LogP contribution in [0.2, 0.25) is 0 Å². The number of rotatable bonds is 6. The molecule has 4 aliphatic carbocycles. The van der Waals surface area contributed by atoms with E-state index in [2.05, 4.69) is 34.6 Å². The standard InChI is InChI=1S/C19H32O2.C10H14O/c1-6-17(2,3)16(20)21-18(4,5)19-10-13-7-14(11-19)9-15(8-13)12-19;1-3-8(2)9-4-6-10(11)7-5-9/h13-15H,6-12H2,1-5H3;4-8,11H,3H2,1-2H3. The molecule has 3 heteroatoms. The lowest BCUT2D eigenvalue weighted by Crippen LogP contribution is -2.58. The summed E-state index contributed by atoms with van der Waals surface area (Å²) in [7, 11) is 0. The molecule has 4 aliphatic rings. The van der Waals surface area contributed by atoms with Gasteiger partial charge in [-0.3, -0.25) is 4.79 Å². The van der Waals surface area contributed by atoms with E-state index < -0.39 is 0 Å². The van der Waals surface area contributed by atoms with E-state index in [0.717, 1.165) is 30.6 Å². The monoisotopic (exact) mass is 442 g/mol. The molecule has 1 aromatic rings. The molecular formula is C29H46O3. The molecule has 3 nitrogen and oxygen atoms in total. The van der Waals surface area contributed by atoms with Crippen molar-refractivity contribution in [2.45, 2.75) is 111 Å². The number of phenols is 1. The van der Waals surface area contributed by atoms with Gasteiger partial charge in [-0.2, -0.15) is 0 Å². The number of carbonyl (C=O) groups is 1. The topological polar surface area (TPSA) is 46.5 Å². The van der Waals surface area contributed by atoms with Gasteiger partial charge in [0.25, 0.3) is 0 Å². The van der Waals surface area contributed by atoms with E-state index in [9.17, 15) is 4.79 Å². The zero-order valence-corrected chi connectivity index (χ0v) is 21.5. The van der Waals surface area contributed by atoms with Crippen LogP contribution in [0.1, 0.15) is 111 Å². The zero-order chi connectivity index (χ0) is 23.7. The molecule has 1 unspecified atom stereocenters. The maximum Gasteiger partial charge on any atom is 0.312 e. The summed E-state index contributed by atoms with van der Waals surface area (Å²) in [6.45, 7) is 14.8. The van der Waals surface area contributed by atoms with Crippen molar-refractivity contribution >= 4 is 5.97 Å². The number of aromatic hydroxyl groups is 1. The predicted molar refractivity (Wildman–Crippen MR) is 132 cm³/mol. The van der Waals surface area contributed by atoms with E-state index in [1.807, 2.05) is 26.0 Å². The Hall–Kier alpha value is -1.51. The Balaban J connectivity index is 0.000000222. The van der Waals surface area contributed by atoms with Crippen molar-refractivity contribution in [1.29, 1.82) is 0 Å². The van der Waals surface area contributed by atoms with Gasteiger partial charge in [0.05, 0.1) is 5.41 Å². The first-order chi connectivity index (χ1) is 14.9. The van der Waals surface area contributed by atoms with Crippen molar-refractivity contribution in [2.75, 3.05) is 0 Å². The number of benzene rings is 1. The number of carbonyl (C=O) groups excluding carboxylic acids is 1. The summed E-state index contributed by atoms with van der Waals surface area (Å²) in [6, 6.07) is 7.43. The normalized spacial score (nSPS) is 29.8. The highest BCUT2D eigenvalue weighted by Gasteiger charge is 2.59. The van der Waals surface area contributed by atoms with Crippen molar-refractivity contribution < 1.29 is 14.6 Å². The highest BCUT2D eigenvalue weighted by Crippen LogP contribution is 2.64. The molecule has 1 atom stereocenters. The Morgan fingerprint density at radius 1 is 1.00 bits per heavy atom. The fourth-order valence-corrected chi connectivity index (χ4v) is 6.51. The van der Waals surface area contributed by atoms with E-state index >= 15 is 0 Å². The number of hydrogen-bond acceptors (Lipinski definition) is 3. The summed E-state index contributed by atoms with van der Waals surface area (Å²) in [6.07, 6.45) is 10.1. The first kappa shape index (κ1) is 25.1. The van der Waals surface area contributed by atoms with Gasteiger partial charge in [0.2, 0.25) is 0 Å². The molecule has 0 saturated heterocycles. The van der Waals surface area contributed by atoms with Crippen LogP contribution in [-0.2, 0) is 9.53 Å². The molecule has 0 amide bonds. The average molecular weight is 443 g/mol. The maximum absolute atomic E-state index is 12.6. The van der Waals surface area contributed by atoms with Crippen LogP contribution >= 0.6 is 0 Å². The molecule has 1 aromatic carbocycles. The van der Waals surface area contributed by atoms with Gasteiger partial charge in [0, 0.05) is 5.41 Å². The number of ether oxygens (including phenoxy) is 1. The van der Waals surface area contributed by atoms with Crippen LogP contribution in [0.3, 0.4) is 0 Å². The SMILES string of the molecule is CCC(C)(C)C(=O)OC(C)(C)C12CC3CC(CC(C3)C1)C2.CCC(C)c1ccc(O)cc1. The Morgan fingerprint density at radius 2 is 1.47 bits per heavy atom. The third-order valence-corrected chi connectivity index (χ3v) is 9.17. The van der Waals surface area contributed by atoms with Gasteiger partial charge in [-0.1, -0.05) is 32.9 Å². The molecule has 4 saturated carbocycles. The summed E-state index contributed by atoms with van der Waals surface area (Å²) in [5.74, 6) is 3.62. The van der Waals surface area contributed by atoms with E-state index in [-0.39, 0.29) is 22.4 Å². The fourth-order valence-electron chi connectivity index (χ4n) is 6.51. The molecule has 0 aliphatic heterocycles. The highest BCUT2D eigenvalue weighted by atomic mass is 16.6. The smallest absolute Gasteiger partial charge is 0.312 e. The molecule has 0 radical (unpaired) electrons. The quantitative estimate of drug-likeness (QED) is 0.456. The van der Waals surface area contributed by atoms with Gasteiger partial charge in [-0.05, 0) is 120 Å². The van der Waals surface area contributed by atoms with Gasteiger partial charge in [0.15, 0.2) is 0 Å². The second-order valence-corrected chi connectivity index (χ2v) is 12.2. The van der Waals surface area contributed by atoms with E-state index in [1.54, 1.807) is 12.1 Å². The van der Waals surface area contributed by atoms with Crippen LogP contribution in [0.15, 0.2) is 24.3 Å². The molecular weight excluding hydrogens is 396 g/mol. The summed E-state index contributed by atoms with van der Waals surface area (Å²) in [5, 5.41) is 9.01. The third-order valence-electron chi connectivity index (χ3n) is 9.17. The minimum Gasteiger partial charge on any atom is -0.508 e. The number of esters is 1. The van der Waals surface area contributed by atoms with Crippen LogP contribution in [0.4, 0.5) is 0 Å². The first-order valence-corrected chi connectivity index (χ1v) is 12.9. The van der Waals surface area contributed by atoms with Crippen LogP contribution in [0, 0.1) is 28.6 Å². The summed E-state index contributed by atoms with van der Waals surface area (Å²) in [4.78, 5) is 12.6. The van der Waals surface area contributed by atoms with Gasteiger partial charge >= 0.3 is 5.97 Å². The maximum atomic E-state index is 12.6. The van der Waals surface area contributed by atoms with Gasteiger partial charge in [-0.15, -0.1) is 0 Å². The molecule has 5 rings (SSSR count). The summed E-state index contributed by atoms with van der Waals surface area (Å²) >= 11 is 0. The zero-order valence-electron chi connectivity index (χ0n) is 21.5. The second-order valence-electron chi connectivity index (χ2n) is 12.2. The lowest BCUT2D eigenvalue weighted by atomic mass is 9.46. The van der Waals surface area contributed by atoms with Crippen LogP contribution in [0.5, 0.6) is 5.75 Å². The van der Waals surface area contributed by atoms with Crippen molar-refractivity contribution in [2.24, 2.45) is 28.6 Å². The highest BCUT2D eigenvalue weighted by molar-refractivity contribution is 5.76. The van der Waals surface area contributed by atoms with Crippen molar-refractivity contribution in [1.82, 2.24) is 0 Å². The number of phenolic OH excluding ortho intramolecular Hbond substituents is 1. The minimum absolute atomic E-state index is 0.00857. The van der Waals surface area contributed by atoms with Crippen LogP contribution in [-0.4, -0.2) is 16.7 Å². The summed E-state index contributed by atoms with van der Waals surface area (Å²) < 4.78 is 6.14. The molecule has 0 aromatic heterocycles. The molecule has 1 N–H and O–H groups in total. The molecule has 32 heavy (non-hydrogen) atoms. The van der Waals surface area contributed by atoms with Crippen molar-refractivity contribution in [3.05, 3.63) is 29.8 Å². The van der Waals surface area contributed by atoms with Gasteiger partial charge in [0.1, 0.15) is 11.4 Å². The average Bonchev–Trinajstić information content (AvgIpc) is 2.73. The first-order valence-electron chi connectivity index (χ1n) is 12.9. The number of hydrogen-bond donors (Lipinski definition) is 1. The van der Waals surface area contributed by atoms with Gasteiger partial charge < -0.3 is 9.84 Å². The summed E-state index contributed by atoms with van der Waals surface area (Å²) in [5.41, 5.74) is 0.873. The second kappa shape index (κ2) is 9.39. The molecule has 4 bridgehead atoms. The molecule has 180 valence electrons. The lowest BCUT2D eigenvalue weighted by Gasteiger charge is -2.61. The lowest BCUT2D eigenvalue weighted by molar-refractivity contribution is -0.206. The fraction of sp³-hybridized carbons (Fsp3) is 0.759. The Bertz CT molecular complexity index is 739. The van der Waals surface area contributed by atoms with E-state index in [0.29, 0.717) is 11.7 Å². The van der Waals surface area contributed by atoms with E-state index in [4.69, 9.17) is 9.84 Å². The predicted octanol–water partition coefficient (Wildman–Crippen LogP) is 7.87.